The third-order valence-electron chi connectivity index (χ3n) is 8.05. The van der Waals surface area contributed by atoms with E-state index in [1.165, 1.54) is 30.9 Å². The Morgan fingerprint density at radius 2 is 1.97 bits per heavy atom. The molecule has 5 nitrogen and oxygen atoms in total. The first-order chi connectivity index (χ1) is 14.0. The van der Waals surface area contributed by atoms with E-state index in [0.29, 0.717) is 34.8 Å². The number of hydrogen-bond acceptors (Lipinski definition) is 5. The average molecular weight is 465 g/mol. The summed E-state index contributed by atoms with van der Waals surface area (Å²) < 4.78 is 23.7. The molecule has 4 atom stereocenters. The summed E-state index contributed by atoms with van der Waals surface area (Å²) in [5.74, 6) is 2.30. The number of halogens is 1. The molecule has 3 aliphatic carbocycles. The molecule has 1 heterocycles. The fourth-order valence-corrected chi connectivity index (χ4v) is 7.12. The second-order valence-corrected chi connectivity index (χ2v) is 9.66. The molecule has 1 aromatic rings. The van der Waals surface area contributed by atoms with E-state index in [1.807, 2.05) is 6.07 Å². The van der Waals surface area contributed by atoms with E-state index in [9.17, 15) is 4.79 Å². The SMILES string of the molecule is CC(=O)Oc1cc2c(cc1OCBr)[C@H]1CC[C@@]3(C)[C@@H](CCC34OCCO4)[C@@H]1CC2. The molecule has 1 aromatic carbocycles. The standard InChI is InChI=1S/C23H29BrO5/c1-14(25)29-21-11-15-3-4-17-16(18(15)12-20(21)26-13-24)5-7-22(2)19(17)6-8-23(22)27-9-10-28-23/h11-12,16-17,19H,3-10,13H2,1-2H3/t16-,17+,19-,22-/m0/s1. The second-order valence-electron chi connectivity index (χ2n) is 9.21. The minimum atomic E-state index is -0.355. The van der Waals surface area contributed by atoms with Gasteiger partial charge in [0.25, 0.3) is 0 Å². The molecule has 0 N–H and O–H groups in total. The first-order valence-electron chi connectivity index (χ1n) is 10.8. The monoisotopic (exact) mass is 464 g/mol. The number of aryl methyl sites for hydroxylation is 1. The van der Waals surface area contributed by atoms with Gasteiger partial charge in [-0.25, -0.2) is 0 Å². The lowest BCUT2D eigenvalue weighted by Crippen LogP contribution is -2.51. The summed E-state index contributed by atoms with van der Waals surface area (Å²) in [6.07, 6.45) is 6.65. The van der Waals surface area contributed by atoms with Crippen LogP contribution in [-0.4, -0.2) is 30.5 Å². The van der Waals surface area contributed by atoms with E-state index in [-0.39, 0.29) is 17.2 Å². The lowest BCUT2D eigenvalue weighted by Gasteiger charge is -2.52. The fraction of sp³-hybridized carbons (Fsp3) is 0.696. The van der Waals surface area contributed by atoms with E-state index < -0.39 is 0 Å². The summed E-state index contributed by atoms with van der Waals surface area (Å²) in [5, 5.41) is 0. The van der Waals surface area contributed by atoms with Crippen molar-refractivity contribution in [2.45, 2.75) is 64.1 Å². The van der Waals surface area contributed by atoms with Crippen LogP contribution in [0.15, 0.2) is 12.1 Å². The van der Waals surface area contributed by atoms with Gasteiger partial charge in [-0.2, -0.15) is 0 Å². The van der Waals surface area contributed by atoms with Crippen molar-refractivity contribution >= 4 is 21.9 Å². The Hall–Kier alpha value is -1.11. The molecule has 0 bridgehead atoms. The first-order valence-corrected chi connectivity index (χ1v) is 11.9. The molecule has 4 aliphatic rings. The van der Waals surface area contributed by atoms with Crippen molar-refractivity contribution in [2.75, 3.05) is 18.7 Å². The molecule has 0 radical (unpaired) electrons. The predicted molar refractivity (Wildman–Crippen MR) is 111 cm³/mol. The number of carbonyl (C=O) groups is 1. The zero-order valence-electron chi connectivity index (χ0n) is 17.2. The van der Waals surface area contributed by atoms with Gasteiger partial charge in [-0.05, 0) is 89.0 Å². The Morgan fingerprint density at radius 1 is 1.17 bits per heavy atom. The highest BCUT2D eigenvalue weighted by Gasteiger charge is 2.65. The van der Waals surface area contributed by atoms with Crippen LogP contribution in [0.3, 0.4) is 0 Å². The van der Waals surface area contributed by atoms with Gasteiger partial charge in [0.2, 0.25) is 0 Å². The topological polar surface area (TPSA) is 54.0 Å². The fourth-order valence-electron chi connectivity index (χ4n) is 6.87. The third-order valence-corrected chi connectivity index (χ3v) is 8.28. The highest BCUT2D eigenvalue weighted by atomic mass is 79.9. The smallest absolute Gasteiger partial charge is 0.308 e. The molecule has 2 saturated carbocycles. The molecule has 3 fully saturated rings. The number of fused-ring (bicyclic) bond motifs is 6. The van der Waals surface area contributed by atoms with Crippen molar-refractivity contribution in [3.8, 4) is 11.5 Å². The zero-order valence-corrected chi connectivity index (χ0v) is 18.8. The summed E-state index contributed by atoms with van der Waals surface area (Å²) in [5.41, 5.74) is 3.15. The van der Waals surface area contributed by atoms with Gasteiger partial charge in [0, 0.05) is 18.8 Å². The van der Waals surface area contributed by atoms with Gasteiger partial charge < -0.3 is 18.9 Å². The van der Waals surface area contributed by atoms with Crippen LogP contribution in [0.1, 0.15) is 63.0 Å². The van der Waals surface area contributed by atoms with Gasteiger partial charge in [0.1, 0.15) is 5.52 Å². The van der Waals surface area contributed by atoms with Crippen molar-refractivity contribution < 1.29 is 23.7 Å². The van der Waals surface area contributed by atoms with Crippen LogP contribution in [0.4, 0.5) is 0 Å². The van der Waals surface area contributed by atoms with Crippen LogP contribution >= 0.6 is 15.9 Å². The molecule has 0 aromatic heterocycles. The van der Waals surface area contributed by atoms with Gasteiger partial charge in [0.05, 0.1) is 13.2 Å². The number of rotatable bonds is 3. The van der Waals surface area contributed by atoms with Crippen molar-refractivity contribution in [3.05, 3.63) is 23.3 Å². The first kappa shape index (κ1) is 19.8. The average Bonchev–Trinajstić information content (AvgIpc) is 3.28. The van der Waals surface area contributed by atoms with E-state index in [1.54, 1.807) is 0 Å². The molecule has 29 heavy (non-hydrogen) atoms. The Labute approximate surface area is 180 Å². The van der Waals surface area contributed by atoms with Gasteiger partial charge in [-0.3, -0.25) is 4.79 Å². The van der Waals surface area contributed by atoms with Gasteiger partial charge >= 0.3 is 5.97 Å². The number of carbonyl (C=O) groups excluding carboxylic acids is 1. The van der Waals surface area contributed by atoms with Crippen molar-refractivity contribution in [1.82, 2.24) is 0 Å². The largest absolute Gasteiger partial charge is 0.479 e. The minimum Gasteiger partial charge on any atom is -0.479 e. The summed E-state index contributed by atoms with van der Waals surface area (Å²) in [4.78, 5) is 11.5. The van der Waals surface area contributed by atoms with Crippen LogP contribution < -0.4 is 9.47 Å². The molecule has 5 rings (SSSR count). The van der Waals surface area contributed by atoms with Crippen LogP contribution in [0.2, 0.25) is 0 Å². The highest BCUT2D eigenvalue weighted by Crippen LogP contribution is 2.66. The summed E-state index contributed by atoms with van der Waals surface area (Å²) in [6, 6.07) is 4.15. The van der Waals surface area contributed by atoms with Crippen LogP contribution in [0.25, 0.3) is 0 Å². The maximum absolute atomic E-state index is 11.5. The Morgan fingerprint density at radius 3 is 2.69 bits per heavy atom. The Bertz CT molecular complexity index is 818. The molecular weight excluding hydrogens is 436 g/mol. The minimum absolute atomic E-state index is 0.106. The Balaban J connectivity index is 1.48. The number of benzene rings is 1. The molecule has 0 amide bonds. The number of esters is 1. The van der Waals surface area contributed by atoms with Crippen molar-refractivity contribution in [2.24, 2.45) is 17.3 Å². The molecule has 6 heteroatoms. The molecule has 1 spiro atoms. The number of ether oxygens (including phenoxy) is 4. The van der Waals surface area contributed by atoms with Crippen LogP contribution in [-0.2, 0) is 20.7 Å². The quantitative estimate of drug-likeness (QED) is 0.360. The van der Waals surface area contributed by atoms with E-state index in [4.69, 9.17) is 18.9 Å². The van der Waals surface area contributed by atoms with Crippen LogP contribution in [0.5, 0.6) is 11.5 Å². The van der Waals surface area contributed by atoms with Crippen molar-refractivity contribution in [1.29, 1.82) is 0 Å². The number of hydrogen-bond donors (Lipinski definition) is 0. The molecular formula is C23H29BrO5. The lowest BCUT2D eigenvalue weighted by atomic mass is 9.55. The van der Waals surface area contributed by atoms with Crippen molar-refractivity contribution in [3.63, 3.8) is 0 Å². The maximum atomic E-state index is 11.5. The zero-order chi connectivity index (χ0) is 20.2. The summed E-state index contributed by atoms with van der Waals surface area (Å²) in [7, 11) is 0. The number of alkyl halides is 1. The van der Waals surface area contributed by atoms with E-state index >= 15 is 0 Å². The predicted octanol–water partition coefficient (Wildman–Crippen LogP) is 4.94. The third kappa shape index (κ3) is 2.97. The molecule has 1 aliphatic heterocycles. The normalized spacial score (nSPS) is 34.4. The summed E-state index contributed by atoms with van der Waals surface area (Å²) in [6.45, 7) is 5.29. The van der Waals surface area contributed by atoms with E-state index in [2.05, 4.69) is 28.9 Å². The van der Waals surface area contributed by atoms with Gasteiger partial charge in [-0.15, -0.1) is 0 Å². The Kier molecular flexibility index (Phi) is 4.95. The molecule has 1 saturated heterocycles. The van der Waals surface area contributed by atoms with Gasteiger partial charge in [0.15, 0.2) is 17.3 Å². The molecule has 158 valence electrons. The van der Waals surface area contributed by atoms with Crippen LogP contribution in [0, 0.1) is 17.3 Å². The highest BCUT2D eigenvalue weighted by molar-refractivity contribution is 9.09. The summed E-state index contributed by atoms with van der Waals surface area (Å²) >= 11 is 3.34. The lowest BCUT2D eigenvalue weighted by molar-refractivity contribution is -0.237. The second kappa shape index (κ2) is 7.24. The molecule has 0 unspecified atom stereocenters. The van der Waals surface area contributed by atoms with E-state index in [0.717, 1.165) is 38.9 Å². The van der Waals surface area contributed by atoms with Gasteiger partial charge in [-0.1, -0.05) is 6.92 Å². The maximum Gasteiger partial charge on any atom is 0.308 e.